The van der Waals surface area contributed by atoms with Gasteiger partial charge in [0.2, 0.25) is 0 Å². The van der Waals surface area contributed by atoms with Crippen LogP contribution in [-0.2, 0) is 4.74 Å². The molecule has 1 unspecified atom stereocenters. The Bertz CT molecular complexity index is 420. The van der Waals surface area contributed by atoms with Crippen molar-refractivity contribution in [2.24, 2.45) is 0 Å². The Morgan fingerprint density at radius 1 is 1.59 bits per heavy atom. The summed E-state index contributed by atoms with van der Waals surface area (Å²) >= 11 is 6.05. The molecule has 0 radical (unpaired) electrons. The fourth-order valence-corrected chi connectivity index (χ4v) is 1.88. The number of hydrogen-bond donors (Lipinski definition) is 2. The van der Waals surface area contributed by atoms with Gasteiger partial charge in [-0.25, -0.2) is 4.79 Å². The number of nitrogens with one attached hydrogen (secondary N) is 1. The van der Waals surface area contributed by atoms with E-state index in [0.29, 0.717) is 22.9 Å². The van der Waals surface area contributed by atoms with Gasteiger partial charge in [-0.2, -0.15) is 0 Å². The van der Waals surface area contributed by atoms with Crippen molar-refractivity contribution in [1.82, 2.24) is 0 Å². The van der Waals surface area contributed by atoms with Gasteiger partial charge in [-0.05, 0) is 31.5 Å². The maximum Gasteiger partial charge on any atom is 0.336 e. The van der Waals surface area contributed by atoms with Crippen LogP contribution < -0.4 is 5.32 Å². The number of methoxy groups -OCH3 is 1. The van der Waals surface area contributed by atoms with Crippen molar-refractivity contribution in [3.63, 3.8) is 0 Å². The highest BCUT2D eigenvalue weighted by Gasteiger charge is 2.14. The monoisotopic (exact) mass is 257 g/mol. The van der Waals surface area contributed by atoms with Crippen molar-refractivity contribution in [2.75, 3.05) is 19.0 Å². The van der Waals surface area contributed by atoms with Crippen LogP contribution in [0, 0.1) is 6.92 Å². The van der Waals surface area contributed by atoms with Gasteiger partial charge in [-0.15, -0.1) is 0 Å². The Hall–Kier alpha value is -1.26. The lowest BCUT2D eigenvalue weighted by molar-refractivity contribution is 0.0696. The number of benzene rings is 1. The number of ether oxygens (including phenoxy) is 1. The standard InChI is InChI=1S/C12H16ClNO3/c1-7(6-17-3)14-11-8(2)9(12(15)16)4-5-10(11)13/h4-5,7,14H,6H2,1-3H3,(H,15,16). The molecule has 1 aromatic rings. The Morgan fingerprint density at radius 2 is 2.24 bits per heavy atom. The molecule has 2 N–H and O–H groups in total. The van der Waals surface area contributed by atoms with Crippen molar-refractivity contribution in [3.8, 4) is 0 Å². The molecule has 0 heterocycles. The number of carbonyl (C=O) groups is 1. The molecule has 0 aliphatic heterocycles. The van der Waals surface area contributed by atoms with E-state index in [2.05, 4.69) is 5.32 Å². The Balaban J connectivity index is 3.05. The second kappa shape index (κ2) is 5.89. The van der Waals surface area contributed by atoms with E-state index in [0.717, 1.165) is 0 Å². The normalized spacial score (nSPS) is 12.2. The van der Waals surface area contributed by atoms with Crippen LogP contribution in [0.15, 0.2) is 12.1 Å². The number of aromatic carboxylic acids is 1. The molecule has 0 aromatic heterocycles. The molecule has 0 aliphatic rings. The molecule has 0 amide bonds. The van der Waals surface area contributed by atoms with Crippen LogP contribution in [0.25, 0.3) is 0 Å². The topological polar surface area (TPSA) is 58.6 Å². The van der Waals surface area contributed by atoms with Gasteiger partial charge in [-0.1, -0.05) is 11.6 Å². The first-order valence-electron chi connectivity index (χ1n) is 5.25. The minimum Gasteiger partial charge on any atom is -0.478 e. The lowest BCUT2D eigenvalue weighted by atomic mass is 10.1. The minimum absolute atomic E-state index is 0.0558. The molecule has 0 spiro atoms. The van der Waals surface area contributed by atoms with Gasteiger partial charge in [-0.3, -0.25) is 0 Å². The zero-order valence-corrected chi connectivity index (χ0v) is 10.8. The van der Waals surface area contributed by atoms with E-state index >= 15 is 0 Å². The first kappa shape index (κ1) is 13.8. The highest BCUT2D eigenvalue weighted by atomic mass is 35.5. The summed E-state index contributed by atoms with van der Waals surface area (Å²) in [5.74, 6) is -0.957. The zero-order valence-electron chi connectivity index (χ0n) is 10.1. The van der Waals surface area contributed by atoms with Gasteiger partial charge < -0.3 is 15.2 Å². The molecule has 4 nitrogen and oxygen atoms in total. The van der Waals surface area contributed by atoms with Crippen molar-refractivity contribution in [3.05, 3.63) is 28.3 Å². The first-order valence-corrected chi connectivity index (χ1v) is 5.63. The number of carboxylic acids is 1. The SMILES string of the molecule is COCC(C)Nc1c(Cl)ccc(C(=O)O)c1C. The van der Waals surface area contributed by atoms with E-state index in [1.54, 1.807) is 20.1 Å². The first-order chi connectivity index (χ1) is 7.97. The van der Waals surface area contributed by atoms with E-state index in [1.807, 2.05) is 6.92 Å². The molecule has 0 bridgehead atoms. The van der Waals surface area contributed by atoms with E-state index in [-0.39, 0.29) is 11.6 Å². The number of hydrogen-bond acceptors (Lipinski definition) is 3. The number of carboxylic acid groups (broad SMARTS) is 1. The fourth-order valence-electron chi connectivity index (χ4n) is 1.63. The Morgan fingerprint density at radius 3 is 2.76 bits per heavy atom. The van der Waals surface area contributed by atoms with Crippen LogP contribution in [0.2, 0.25) is 5.02 Å². The van der Waals surface area contributed by atoms with Gasteiger partial charge in [0.25, 0.3) is 0 Å². The van der Waals surface area contributed by atoms with Crippen LogP contribution in [0.3, 0.4) is 0 Å². The third-order valence-electron chi connectivity index (χ3n) is 2.45. The number of anilines is 1. The fraction of sp³-hybridized carbons (Fsp3) is 0.417. The van der Waals surface area contributed by atoms with Crippen molar-refractivity contribution < 1.29 is 14.6 Å². The highest BCUT2D eigenvalue weighted by Crippen LogP contribution is 2.29. The molecule has 17 heavy (non-hydrogen) atoms. The molecule has 0 saturated carbocycles. The van der Waals surface area contributed by atoms with E-state index in [9.17, 15) is 4.79 Å². The molecule has 5 heteroatoms. The summed E-state index contributed by atoms with van der Waals surface area (Å²) in [6.45, 7) is 4.19. The minimum atomic E-state index is -0.957. The van der Waals surface area contributed by atoms with Crippen LogP contribution in [0.1, 0.15) is 22.8 Å². The van der Waals surface area contributed by atoms with Crippen LogP contribution >= 0.6 is 11.6 Å². The second-order valence-corrected chi connectivity index (χ2v) is 4.31. The maximum absolute atomic E-state index is 11.0. The summed E-state index contributed by atoms with van der Waals surface area (Å²) in [7, 11) is 1.61. The summed E-state index contributed by atoms with van der Waals surface area (Å²) in [5, 5.41) is 12.7. The molecule has 94 valence electrons. The quantitative estimate of drug-likeness (QED) is 0.852. The molecule has 0 saturated heterocycles. The second-order valence-electron chi connectivity index (χ2n) is 3.90. The molecule has 0 aliphatic carbocycles. The van der Waals surface area contributed by atoms with Gasteiger partial charge >= 0.3 is 5.97 Å². The predicted molar refractivity (Wildman–Crippen MR) is 68.1 cm³/mol. The Labute approximate surface area is 106 Å². The van der Waals surface area contributed by atoms with Crippen LogP contribution in [0.4, 0.5) is 5.69 Å². The zero-order chi connectivity index (χ0) is 13.0. The van der Waals surface area contributed by atoms with E-state index in [1.165, 1.54) is 6.07 Å². The third kappa shape index (κ3) is 3.35. The summed E-state index contributed by atoms with van der Waals surface area (Å²) in [6, 6.07) is 3.15. The largest absolute Gasteiger partial charge is 0.478 e. The molecular formula is C12H16ClNO3. The highest BCUT2D eigenvalue weighted by molar-refractivity contribution is 6.33. The average Bonchev–Trinajstić information content (AvgIpc) is 2.24. The predicted octanol–water partition coefficient (Wildman–Crippen LogP) is 2.79. The van der Waals surface area contributed by atoms with Crippen molar-refractivity contribution >= 4 is 23.3 Å². The molecule has 1 rings (SSSR count). The molecule has 1 aromatic carbocycles. The summed E-state index contributed by atoms with van der Waals surface area (Å²) in [4.78, 5) is 11.0. The van der Waals surface area contributed by atoms with Gasteiger partial charge in [0.05, 0.1) is 22.9 Å². The van der Waals surface area contributed by atoms with Crippen LogP contribution in [0.5, 0.6) is 0 Å². The summed E-state index contributed by atoms with van der Waals surface area (Å²) in [6.07, 6.45) is 0. The summed E-state index contributed by atoms with van der Waals surface area (Å²) < 4.78 is 5.01. The lowest BCUT2D eigenvalue weighted by Gasteiger charge is -2.18. The molecule has 1 atom stereocenters. The van der Waals surface area contributed by atoms with Crippen molar-refractivity contribution in [1.29, 1.82) is 0 Å². The van der Waals surface area contributed by atoms with Crippen LogP contribution in [-0.4, -0.2) is 30.8 Å². The molecule has 0 fully saturated rings. The lowest BCUT2D eigenvalue weighted by Crippen LogP contribution is -2.22. The van der Waals surface area contributed by atoms with E-state index < -0.39 is 5.97 Å². The molecular weight excluding hydrogens is 242 g/mol. The number of halogens is 1. The third-order valence-corrected chi connectivity index (χ3v) is 2.77. The average molecular weight is 258 g/mol. The summed E-state index contributed by atoms with van der Waals surface area (Å²) in [5.41, 5.74) is 1.53. The number of rotatable bonds is 5. The van der Waals surface area contributed by atoms with Gasteiger partial charge in [0, 0.05) is 13.2 Å². The smallest absolute Gasteiger partial charge is 0.336 e. The van der Waals surface area contributed by atoms with E-state index in [4.69, 9.17) is 21.4 Å². The maximum atomic E-state index is 11.0. The van der Waals surface area contributed by atoms with Gasteiger partial charge in [0.15, 0.2) is 0 Å². The Kier molecular flexibility index (Phi) is 4.78. The van der Waals surface area contributed by atoms with Gasteiger partial charge in [0.1, 0.15) is 0 Å². The van der Waals surface area contributed by atoms with Crippen molar-refractivity contribution in [2.45, 2.75) is 19.9 Å².